The zero-order chi connectivity index (χ0) is 26.3. The van der Waals surface area contributed by atoms with Crippen LogP contribution in [0, 0.1) is 11.5 Å². The van der Waals surface area contributed by atoms with Gasteiger partial charge in [-0.25, -0.2) is 13.8 Å². The van der Waals surface area contributed by atoms with Crippen molar-refractivity contribution >= 4 is 36.3 Å². The van der Waals surface area contributed by atoms with Crippen molar-refractivity contribution < 1.29 is 13.3 Å². The fourth-order valence-electron chi connectivity index (χ4n) is 3.77. The molecule has 0 saturated carbocycles. The number of fused-ring (bicyclic) bond motifs is 1. The van der Waals surface area contributed by atoms with E-state index in [2.05, 4.69) is 35.8 Å². The van der Waals surface area contributed by atoms with Crippen LogP contribution in [-0.2, 0) is 18.4 Å². The van der Waals surface area contributed by atoms with Crippen molar-refractivity contribution in [3.8, 4) is 11.5 Å². The summed E-state index contributed by atoms with van der Waals surface area (Å²) in [7, 11) is -0.0449. The molecule has 0 bridgehead atoms. The van der Waals surface area contributed by atoms with Crippen LogP contribution < -0.4 is 15.2 Å². The van der Waals surface area contributed by atoms with Gasteiger partial charge in [0.25, 0.3) is 11.5 Å². The number of hydrogen-bond acceptors (Lipinski definition) is 5. The molecule has 1 aromatic heterocycles. The van der Waals surface area contributed by atoms with Crippen LogP contribution in [0.5, 0.6) is 0 Å². The molecule has 1 unspecified atom stereocenters. The molecule has 10 heteroatoms. The lowest BCUT2D eigenvalue weighted by molar-refractivity contribution is -0.0223. The minimum Gasteiger partial charge on any atom is -0.598 e. The molecule has 0 amide bonds. The highest BCUT2D eigenvalue weighted by atomic mass is 32.2. The van der Waals surface area contributed by atoms with Crippen LogP contribution >= 0.6 is 0 Å². The molecule has 35 heavy (non-hydrogen) atoms. The number of hydrogen-bond donors (Lipinski definition) is 1. The first-order chi connectivity index (χ1) is 16.0. The predicted octanol–water partition coefficient (Wildman–Crippen LogP) is 4.51. The topological polar surface area (TPSA) is 73.2 Å². The van der Waals surface area contributed by atoms with Crippen molar-refractivity contribution in [1.82, 2.24) is 14.3 Å². The van der Waals surface area contributed by atoms with E-state index in [1.54, 1.807) is 18.0 Å². The number of piperidine rings is 1. The largest absolute Gasteiger partial charge is 0.598 e. The van der Waals surface area contributed by atoms with Gasteiger partial charge in [-0.15, -0.1) is 10.3 Å². The fraction of sp³-hybridized carbons (Fsp3) is 0.600. The summed E-state index contributed by atoms with van der Waals surface area (Å²) in [5.41, 5.74) is 4.97. The van der Waals surface area contributed by atoms with E-state index in [0.717, 1.165) is 0 Å². The van der Waals surface area contributed by atoms with Crippen LogP contribution in [0.1, 0.15) is 57.7 Å². The molecule has 3 rings (SSSR count). The van der Waals surface area contributed by atoms with E-state index in [1.807, 2.05) is 33.8 Å². The van der Waals surface area contributed by atoms with Crippen LogP contribution in [-0.4, -0.2) is 45.9 Å². The van der Waals surface area contributed by atoms with Gasteiger partial charge in [-0.1, -0.05) is 25.6 Å². The normalized spacial score (nSPS) is 18.2. The van der Waals surface area contributed by atoms with Gasteiger partial charge in [-0.3, -0.25) is 9.36 Å². The van der Waals surface area contributed by atoms with E-state index in [9.17, 15) is 18.1 Å². The Labute approximate surface area is 210 Å². The van der Waals surface area contributed by atoms with Gasteiger partial charge in [0.1, 0.15) is 12.8 Å². The first-order valence-corrected chi connectivity index (χ1v) is 16.5. The number of anilines is 1. The number of rotatable bonds is 4. The molecular formula is C25H36F2N4O2SSi. The highest BCUT2D eigenvalue weighted by molar-refractivity contribution is 7.90. The first-order valence-electron chi connectivity index (χ1n) is 11.9. The molecule has 192 valence electrons. The average Bonchev–Trinajstić information content (AvgIpc) is 2.73. The summed E-state index contributed by atoms with van der Waals surface area (Å²) < 4.78 is 44.4. The van der Waals surface area contributed by atoms with Crippen molar-refractivity contribution in [2.24, 2.45) is 7.05 Å². The second kappa shape index (κ2) is 9.85. The molecule has 2 atom stereocenters. The van der Waals surface area contributed by atoms with Gasteiger partial charge in [-0.05, 0) is 39.8 Å². The lowest BCUT2D eigenvalue weighted by Gasteiger charge is -2.33. The van der Waals surface area contributed by atoms with Crippen LogP contribution in [0.25, 0.3) is 10.9 Å². The Kier molecular flexibility index (Phi) is 7.78. The molecular weight excluding hydrogens is 486 g/mol. The van der Waals surface area contributed by atoms with Gasteiger partial charge in [-0.2, -0.15) is 0 Å². The van der Waals surface area contributed by atoms with Crippen molar-refractivity contribution in [2.45, 2.75) is 76.9 Å². The molecule has 2 aromatic rings. The van der Waals surface area contributed by atoms with Gasteiger partial charge >= 0.3 is 0 Å². The Balaban J connectivity index is 2.19. The van der Waals surface area contributed by atoms with Crippen molar-refractivity contribution in [2.75, 3.05) is 18.0 Å². The Morgan fingerprint density at radius 2 is 1.83 bits per heavy atom. The van der Waals surface area contributed by atoms with E-state index in [1.165, 1.54) is 4.57 Å². The maximum Gasteiger partial charge on any atom is 0.262 e. The van der Waals surface area contributed by atoms with Gasteiger partial charge in [0.15, 0.2) is 0 Å². The number of halogens is 2. The molecule has 1 saturated heterocycles. The van der Waals surface area contributed by atoms with Crippen molar-refractivity contribution in [3.63, 3.8) is 0 Å². The van der Waals surface area contributed by atoms with Gasteiger partial charge < -0.3 is 9.45 Å². The Morgan fingerprint density at radius 3 is 2.37 bits per heavy atom. The molecule has 0 radical (unpaired) electrons. The number of benzene rings is 1. The predicted molar refractivity (Wildman–Crippen MR) is 143 cm³/mol. The summed E-state index contributed by atoms with van der Waals surface area (Å²) in [5.74, 6) is 0.895. The van der Waals surface area contributed by atoms with Gasteiger partial charge in [0.05, 0.1) is 16.9 Å². The second-order valence-corrected chi connectivity index (χ2v) is 18.0. The standard InChI is InChI=1S/C25H36F2N4O2SSi/c1-17(29-34(33)24(2,3)4)19-15-18(9-14-35(6,7)8)16-20-21(19)28-23(30(5)22(20)32)31-12-10-25(26,27)11-13-31/h15-17,29H,10-13H2,1-8H3/t17?,34-/m1/s1. The minimum atomic E-state index is -2.70. The van der Waals surface area contributed by atoms with Gasteiger partial charge in [0, 0.05) is 55.5 Å². The third kappa shape index (κ3) is 6.64. The molecule has 1 fully saturated rings. The van der Waals surface area contributed by atoms with Crippen LogP contribution in [0.4, 0.5) is 14.7 Å². The molecule has 1 aromatic carbocycles. The number of nitrogens with zero attached hydrogens (tertiary/aromatic N) is 3. The zero-order valence-corrected chi connectivity index (χ0v) is 23.7. The molecule has 6 nitrogen and oxygen atoms in total. The number of nitrogens with one attached hydrogen (secondary N) is 1. The third-order valence-electron chi connectivity index (χ3n) is 5.85. The van der Waals surface area contributed by atoms with Crippen molar-refractivity contribution in [3.05, 3.63) is 33.6 Å². The van der Waals surface area contributed by atoms with E-state index >= 15 is 0 Å². The fourth-order valence-corrected chi connectivity index (χ4v) is 5.09. The maximum atomic E-state index is 13.8. The Morgan fingerprint density at radius 1 is 1.23 bits per heavy atom. The molecule has 0 aliphatic carbocycles. The summed E-state index contributed by atoms with van der Waals surface area (Å²) in [6.07, 6.45) is -0.553. The minimum absolute atomic E-state index is 0.121. The number of alkyl halides is 2. The average molecular weight is 523 g/mol. The van der Waals surface area contributed by atoms with E-state index in [4.69, 9.17) is 4.98 Å². The summed E-state index contributed by atoms with van der Waals surface area (Å²) >= 11 is -1.35. The highest BCUT2D eigenvalue weighted by Gasteiger charge is 2.35. The molecule has 1 aliphatic heterocycles. The summed E-state index contributed by atoms with van der Waals surface area (Å²) in [6, 6.07) is 3.26. The van der Waals surface area contributed by atoms with E-state index in [0.29, 0.717) is 28.0 Å². The second-order valence-electron chi connectivity index (χ2n) is 11.3. The summed E-state index contributed by atoms with van der Waals surface area (Å²) in [4.78, 5) is 20.0. The van der Waals surface area contributed by atoms with Crippen molar-refractivity contribution in [1.29, 1.82) is 0 Å². The van der Waals surface area contributed by atoms with Gasteiger partial charge in [0.2, 0.25) is 5.95 Å². The maximum absolute atomic E-state index is 13.8. The van der Waals surface area contributed by atoms with Crippen LogP contribution in [0.2, 0.25) is 19.6 Å². The van der Waals surface area contributed by atoms with Crippen LogP contribution in [0.3, 0.4) is 0 Å². The monoisotopic (exact) mass is 522 g/mol. The molecule has 0 spiro atoms. The molecule has 1 aliphatic rings. The smallest absolute Gasteiger partial charge is 0.262 e. The van der Waals surface area contributed by atoms with E-state index < -0.39 is 30.1 Å². The lowest BCUT2D eigenvalue weighted by atomic mass is 10.0. The molecule has 2 heterocycles. The van der Waals surface area contributed by atoms with Crippen LogP contribution in [0.15, 0.2) is 16.9 Å². The Bertz CT molecular complexity index is 1210. The Hall–Kier alpha value is -1.93. The zero-order valence-electron chi connectivity index (χ0n) is 21.9. The SMILES string of the molecule is CC(N[S@+]([O-])C(C)(C)C)c1cc(C#C[Si](C)(C)C)cc2c(=O)n(C)c(N3CCC(F)(F)CC3)nc12. The first kappa shape index (κ1) is 27.7. The number of aromatic nitrogens is 2. The summed E-state index contributed by atoms with van der Waals surface area (Å²) in [5, 5.41) is 0.408. The summed E-state index contributed by atoms with van der Waals surface area (Å²) in [6.45, 7) is 14.2. The highest BCUT2D eigenvalue weighted by Crippen LogP contribution is 2.31. The van der Waals surface area contributed by atoms with E-state index in [-0.39, 0.29) is 37.5 Å². The quantitative estimate of drug-likeness (QED) is 0.363. The lowest BCUT2D eigenvalue weighted by Crippen LogP contribution is -2.42. The molecule has 1 N–H and O–H groups in total. The third-order valence-corrected chi connectivity index (χ3v) is 8.41.